The first-order valence-electron chi connectivity index (χ1n) is 8.93. The molecule has 134 valence electrons. The summed E-state index contributed by atoms with van der Waals surface area (Å²) in [7, 11) is 2.12. The summed E-state index contributed by atoms with van der Waals surface area (Å²) in [6.45, 7) is 6.80. The van der Waals surface area contributed by atoms with Gasteiger partial charge in [0.1, 0.15) is 0 Å². The normalized spacial score (nSPS) is 24.3. The van der Waals surface area contributed by atoms with E-state index in [4.69, 9.17) is 4.74 Å². The molecule has 2 atom stereocenters. The van der Waals surface area contributed by atoms with E-state index in [1.54, 1.807) is 6.20 Å². The molecule has 3 heterocycles. The zero-order valence-corrected chi connectivity index (χ0v) is 14.5. The first-order valence-corrected chi connectivity index (χ1v) is 8.93. The molecule has 3 rings (SSSR count). The van der Waals surface area contributed by atoms with Crippen LogP contribution in [0.3, 0.4) is 0 Å². The van der Waals surface area contributed by atoms with E-state index in [9.17, 15) is 5.11 Å². The van der Waals surface area contributed by atoms with Gasteiger partial charge in [0.05, 0.1) is 19.3 Å². The Balaban J connectivity index is 1.47. The second kappa shape index (κ2) is 8.71. The van der Waals surface area contributed by atoms with Gasteiger partial charge in [0.15, 0.2) is 5.82 Å². The van der Waals surface area contributed by atoms with E-state index < -0.39 is 0 Å². The molecule has 2 saturated heterocycles. The molecule has 1 aromatic rings. The molecule has 2 aliphatic rings. The fourth-order valence-electron chi connectivity index (χ4n) is 3.61. The number of aliphatic hydroxyl groups excluding tert-OH is 1. The lowest BCUT2D eigenvalue weighted by Gasteiger charge is -2.39. The highest BCUT2D eigenvalue weighted by molar-refractivity contribution is 5.37. The summed E-state index contributed by atoms with van der Waals surface area (Å²) >= 11 is 0. The third-order valence-corrected chi connectivity index (χ3v) is 4.97. The SMILES string of the molecule is CN(C[C@@H](O)CN1CCOCC1)[C@@H]1CCCN(c2cccnn2)C1. The third kappa shape index (κ3) is 4.86. The molecule has 1 aromatic heterocycles. The Morgan fingerprint density at radius 3 is 2.96 bits per heavy atom. The van der Waals surface area contributed by atoms with Gasteiger partial charge in [-0.25, -0.2) is 0 Å². The Morgan fingerprint density at radius 1 is 1.38 bits per heavy atom. The van der Waals surface area contributed by atoms with Crippen LogP contribution in [0.2, 0.25) is 0 Å². The van der Waals surface area contributed by atoms with Gasteiger partial charge >= 0.3 is 0 Å². The van der Waals surface area contributed by atoms with E-state index in [0.29, 0.717) is 12.6 Å². The molecular formula is C17H29N5O2. The smallest absolute Gasteiger partial charge is 0.151 e. The molecule has 2 aliphatic heterocycles. The maximum absolute atomic E-state index is 10.4. The second-order valence-corrected chi connectivity index (χ2v) is 6.83. The third-order valence-electron chi connectivity index (χ3n) is 4.97. The predicted molar refractivity (Wildman–Crippen MR) is 93.2 cm³/mol. The average molecular weight is 335 g/mol. The highest BCUT2D eigenvalue weighted by Gasteiger charge is 2.26. The Morgan fingerprint density at radius 2 is 2.21 bits per heavy atom. The zero-order chi connectivity index (χ0) is 16.8. The van der Waals surface area contributed by atoms with Crippen molar-refractivity contribution in [1.29, 1.82) is 0 Å². The number of likely N-dealkylation sites (N-methyl/N-ethyl adjacent to an activating group) is 1. The van der Waals surface area contributed by atoms with E-state index in [-0.39, 0.29) is 6.10 Å². The van der Waals surface area contributed by atoms with Crippen LogP contribution in [0.4, 0.5) is 5.82 Å². The highest BCUT2D eigenvalue weighted by atomic mass is 16.5. The summed E-state index contributed by atoms with van der Waals surface area (Å²) in [5, 5.41) is 18.6. The van der Waals surface area contributed by atoms with Crippen molar-refractivity contribution in [3.63, 3.8) is 0 Å². The maximum Gasteiger partial charge on any atom is 0.151 e. The average Bonchev–Trinajstić information content (AvgIpc) is 2.63. The standard InChI is InChI=1S/C17H29N5O2/c1-20(13-16(23)14-21-8-10-24-11-9-21)15-4-3-7-22(12-15)17-5-2-6-18-19-17/h2,5-6,15-16,23H,3-4,7-14H2,1H3/t15-,16-/m1/s1. The lowest BCUT2D eigenvalue weighted by Crippen LogP contribution is -2.50. The van der Waals surface area contributed by atoms with Gasteiger partial charge in [-0.15, -0.1) is 5.10 Å². The Bertz CT molecular complexity index is 483. The molecule has 24 heavy (non-hydrogen) atoms. The van der Waals surface area contributed by atoms with Gasteiger partial charge < -0.3 is 14.7 Å². The molecule has 0 saturated carbocycles. The molecular weight excluding hydrogens is 306 g/mol. The summed E-state index contributed by atoms with van der Waals surface area (Å²) in [4.78, 5) is 6.88. The molecule has 0 unspecified atom stereocenters. The number of hydrogen-bond acceptors (Lipinski definition) is 7. The number of rotatable bonds is 6. The van der Waals surface area contributed by atoms with Crippen LogP contribution >= 0.6 is 0 Å². The minimum Gasteiger partial charge on any atom is -0.390 e. The minimum atomic E-state index is -0.319. The zero-order valence-electron chi connectivity index (χ0n) is 14.5. The number of anilines is 1. The van der Waals surface area contributed by atoms with Crippen LogP contribution in [-0.2, 0) is 4.74 Å². The fourth-order valence-corrected chi connectivity index (χ4v) is 3.61. The molecule has 0 aliphatic carbocycles. The van der Waals surface area contributed by atoms with Gasteiger partial charge in [-0.3, -0.25) is 9.80 Å². The van der Waals surface area contributed by atoms with E-state index in [2.05, 4.69) is 31.9 Å². The van der Waals surface area contributed by atoms with Crippen molar-refractivity contribution in [1.82, 2.24) is 20.0 Å². The monoisotopic (exact) mass is 335 g/mol. The molecule has 2 fully saturated rings. The van der Waals surface area contributed by atoms with Crippen LogP contribution < -0.4 is 4.90 Å². The second-order valence-electron chi connectivity index (χ2n) is 6.83. The Kier molecular flexibility index (Phi) is 6.37. The first-order chi connectivity index (χ1) is 11.7. The lowest BCUT2D eigenvalue weighted by atomic mass is 10.0. The number of β-amino-alcohol motifs (C(OH)–C–C–N with tert-alkyl or cyclic N) is 1. The van der Waals surface area contributed by atoms with Crippen LogP contribution in [0.15, 0.2) is 18.3 Å². The largest absolute Gasteiger partial charge is 0.390 e. The van der Waals surface area contributed by atoms with Crippen molar-refractivity contribution in [3.8, 4) is 0 Å². The molecule has 0 spiro atoms. The maximum atomic E-state index is 10.4. The number of morpholine rings is 1. The number of nitrogens with zero attached hydrogens (tertiary/aromatic N) is 5. The van der Waals surface area contributed by atoms with Crippen molar-refractivity contribution < 1.29 is 9.84 Å². The molecule has 0 radical (unpaired) electrons. The van der Waals surface area contributed by atoms with Crippen LogP contribution in [0.1, 0.15) is 12.8 Å². The van der Waals surface area contributed by atoms with Gasteiger partial charge in [0.25, 0.3) is 0 Å². The number of ether oxygens (including phenoxy) is 1. The topological polar surface area (TPSA) is 65.0 Å². The van der Waals surface area contributed by atoms with Crippen LogP contribution in [0.25, 0.3) is 0 Å². The van der Waals surface area contributed by atoms with E-state index in [0.717, 1.165) is 64.6 Å². The number of aliphatic hydroxyl groups is 1. The van der Waals surface area contributed by atoms with E-state index >= 15 is 0 Å². The van der Waals surface area contributed by atoms with Crippen LogP contribution in [0.5, 0.6) is 0 Å². The van der Waals surface area contributed by atoms with Crippen LogP contribution in [0, 0.1) is 0 Å². The van der Waals surface area contributed by atoms with Crippen molar-refractivity contribution in [3.05, 3.63) is 18.3 Å². The van der Waals surface area contributed by atoms with Crippen molar-refractivity contribution in [2.45, 2.75) is 25.0 Å². The summed E-state index contributed by atoms with van der Waals surface area (Å²) < 4.78 is 5.36. The summed E-state index contributed by atoms with van der Waals surface area (Å²) in [5.74, 6) is 0.949. The van der Waals surface area contributed by atoms with E-state index in [1.807, 2.05) is 12.1 Å². The number of piperidine rings is 1. The fraction of sp³-hybridized carbons (Fsp3) is 0.765. The molecule has 7 nitrogen and oxygen atoms in total. The summed E-state index contributed by atoms with van der Waals surface area (Å²) in [6.07, 6.45) is 3.70. The first kappa shape index (κ1) is 17.5. The molecule has 7 heteroatoms. The van der Waals surface area contributed by atoms with Crippen molar-refractivity contribution in [2.75, 3.05) is 64.4 Å². The highest BCUT2D eigenvalue weighted by Crippen LogP contribution is 2.19. The number of hydrogen-bond donors (Lipinski definition) is 1. The number of aromatic nitrogens is 2. The lowest BCUT2D eigenvalue weighted by molar-refractivity contribution is 0.00529. The van der Waals surface area contributed by atoms with Crippen LogP contribution in [-0.4, -0.2) is 96.8 Å². The van der Waals surface area contributed by atoms with E-state index in [1.165, 1.54) is 0 Å². The van der Waals surface area contributed by atoms with Gasteiger partial charge in [-0.1, -0.05) is 0 Å². The van der Waals surface area contributed by atoms with Gasteiger partial charge in [-0.2, -0.15) is 5.10 Å². The molecule has 1 N–H and O–H groups in total. The quantitative estimate of drug-likeness (QED) is 0.789. The predicted octanol–water partition coefficient (Wildman–Crippen LogP) is 0.0703. The molecule has 0 aromatic carbocycles. The molecule has 0 bridgehead atoms. The Labute approximate surface area is 144 Å². The summed E-state index contributed by atoms with van der Waals surface area (Å²) in [5.41, 5.74) is 0. The molecule has 0 amide bonds. The van der Waals surface area contributed by atoms with Crippen molar-refractivity contribution in [2.24, 2.45) is 0 Å². The van der Waals surface area contributed by atoms with Crippen molar-refractivity contribution >= 4 is 5.82 Å². The Hall–Kier alpha value is -1.28. The minimum absolute atomic E-state index is 0.319. The van der Waals surface area contributed by atoms with Gasteiger partial charge in [-0.05, 0) is 32.0 Å². The van der Waals surface area contributed by atoms with Gasteiger partial charge in [0.2, 0.25) is 0 Å². The van der Waals surface area contributed by atoms with Gasteiger partial charge in [0, 0.05) is 51.5 Å². The summed E-state index contributed by atoms with van der Waals surface area (Å²) in [6, 6.07) is 4.39.